The van der Waals surface area contributed by atoms with E-state index in [1.54, 1.807) is 48.6 Å². The van der Waals surface area contributed by atoms with Crippen molar-refractivity contribution in [3.05, 3.63) is 107 Å². The average molecular weight is 398 g/mol. The van der Waals surface area contributed by atoms with Crippen LogP contribution in [0.25, 0.3) is 6.08 Å². The number of benzene rings is 3. The summed E-state index contributed by atoms with van der Waals surface area (Å²) in [6.07, 6.45) is 5.26. The van der Waals surface area contributed by atoms with Crippen molar-refractivity contribution in [3.63, 3.8) is 0 Å². The van der Waals surface area contributed by atoms with E-state index in [2.05, 4.69) is 0 Å². The van der Waals surface area contributed by atoms with Gasteiger partial charge in [-0.05, 0) is 35.9 Å². The summed E-state index contributed by atoms with van der Waals surface area (Å²) in [7, 11) is 1.49. The summed E-state index contributed by atoms with van der Waals surface area (Å²) >= 11 is 0. The van der Waals surface area contributed by atoms with Gasteiger partial charge < -0.3 is 14.2 Å². The van der Waals surface area contributed by atoms with Crippen LogP contribution in [0.3, 0.4) is 0 Å². The highest BCUT2D eigenvalue weighted by molar-refractivity contribution is 6.12. The fraction of sp³-hybridized carbons (Fsp3) is 0.0400. The number of allylic oxidation sites excluding steroid dienone is 3. The lowest BCUT2D eigenvalue weighted by atomic mass is 10.1. The van der Waals surface area contributed by atoms with Gasteiger partial charge in [0.2, 0.25) is 5.78 Å². The Balaban J connectivity index is 1.50. The molecule has 148 valence electrons. The molecular formula is C25H18O5. The molecule has 0 bridgehead atoms. The second-order valence-corrected chi connectivity index (χ2v) is 6.48. The molecule has 5 nitrogen and oxygen atoms in total. The minimum absolute atomic E-state index is 0.213. The van der Waals surface area contributed by atoms with Gasteiger partial charge in [-0.15, -0.1) is 0 Å². The van der Waals surface area contributed by atoms with Crippen LogP contribution in [-0.4, -0.2) is 18.9 Å². The van der Waals surface area contributed by atoms with Gasteiger partial charge in [0.25, 0.3) is 0 Å². The summed E-state index contributed by atoms with van der Waals surface area (Å²) < 4.78 is 16.3. The van der Waals surface area contributed by atoms with Crippen molar-refractivity contribution in [1.29, 1.82) is 0 Å². The highest BCUT2D eigenvalue weighted by Crippen LogP contribution is 2.34. The number of rotatable bonds is 5. The summed E-state index contributed by atoms with van der Waals surface area (Å²) in [5, 5.41) is 0. The first-order valence-electron chi connectivity index (χ1n) is 9.31. The Hall–Kier alpha value is -4.12. The van der Waals surface area contributed by atoms with Gasteiger partial charge in [-0.3, -0.25) is 4.79 Å². The molecule has 0 saturated carbocycles. The minimum atomic E-state index is -0.557. The zero-order chi connectivity index (χ0) is 20.9. The van der Waals surface area contributed by atoms with Gasteiger partial charge >= 0.3 is 5.97 Å². The molecule has 0 aliphatic carbocycles. The maximum absolute atomic E-state index is 12.5. The van der Waals surface area contributed by atoms with Gasteiger partial charge in [0, 0.05) is 6.07 Å². The predicted octanol–water partition coefficient (Wildman–Crippen LogP) is 5.09. The molecule has 0 radical (unpaired) electrons. The molecule has 0 atom stereocenters. The highest BCUT2D eigenvalue weighted by atomic mass is 16.5. The number of ether oxygens (including phenoxy) is 3. The molecule has 1 aliphatic heterocycles. The van der Waals surface area contributed by atoms with Crippen molar-refractivity contribution >= 4 is 17.8 Å². The van der Waals surface area contributed by atoms with E-state index < -0.39 is 5.97 Å². The summed E-state index contributed by atoms with van der Waals surface area (Å²) in [5.41, 5.74) is 1.75. The van der Waals surface area contributed by atoms with Gasteiger partial charge in [-0.1, -0.05) is 54.6 Å². The molecule has 3 aromatic carbocycles. The fourth-order valence-electron chi connectivity index (χ4n) is 3.03. The van der Waals surface area contributed by atoms with E-state index in [1.165, 1.54) is 13.2 Å². The molecule has 0 spiro atoms. The smallest absolute Gasteiger partial charge is 0.347 e. The molecule has 5 heteroatoms. The van der Waals surface area contributed by atoms with Crippen LogP contribution in [-0.2, 0) is 0 Å². The van der Waals surface area contributed by atoms with Crippen molar-refractivity contribution < 1.29 is 23.8 Å². The van der Waals surface area contributed by atoms with E-state index in [0.29, 0.717) is 22.6 Å². The van der Waals surface area contributed by atoms with Gasteiger partial charge in [0.15, 0.2) is 5.76 Å². The third-order valence-corrected chi connectivity index (χ3v) is 4.51. The van der Waals surface area contributed by atoms with Crippen molar-refractivity contribution in [2.75, 3.05) is 7.11 Å². The van der Waals surface area contributed by atoms with Crippen LogP contribution in [0.15, 0.2) is 90.7 Å². The van der Waals surface area contributed by atoms with Crippen LogP contribution in [0.1, 0.15) is 26.3 Å². The van der Waals surface area contributed by atoms with Crippen molar-refractivity contribution in [2.45, 2.75) is 0 Å². The average Bonchev–Trinajstić information content (AvgIpc) is 3.09. The molecule has 0 amide bonds. The number of fused-ring (bicyclic) bond motifs is 1. The molecule has 0 N–H and O–H groups in total. The first-order chi connectivity index (χ1) is 14.7. The minimum Gasteiger partial charge on any atom is -0.496 e. The summed E-state index contributed by atoms with van der Waals surface area (Å²) in [6, 6.07) is 21.2. The second kappa shape index (κ2) is 8.49. The number of Topliss-reactive ketones (excluding diaryl/α,β-unsaturated/α-hetero) is 1. The molecule has 1 aliphatic rings. The molecule has 30 heavy (non-hydrogen) atoms. The van der Waals surface area contributed by atoms with Crippen LogP contribution < -0.4 is 14.2 Å². The number of methoxy groups -OCH3 is 1. The van der Waals surface area contributed by atoms with Gasteiger partial charge in [0.05, 0.1) is 12.7 Å². The Labute approximate surface area is 173 Å². The summed E-state index contributed by atoms with van der Waals surface area (Å²) in [5.74, 6) is 0.489. The van der Waals surface area contributed by atoms with Crippen molar-refractivity contribution in [3.8, 4) is 17.2 Å². The standard InChI is InChI=1S/C25H18O5/c1-28-21-12-6-5-11-20(21)25(27)29-18-14-15-19-23(16-18)30-22(24(19)26)13-7-10-17-8-3-2-4-9-17/h2-16H,1H3/b10-7+,22-13-. The zero-order valence-corrected chi connectivity index (χ0v) is 16.2. The molecule has 1 heterocycles. The normalized spacial score (nSPS) is 13.9. The van der Waals surface area contributed by atoms with Crippen LogP contribution in [0.4, 0.5) is 0 Å². The topological polar surface area (TPSA) is 61.8 Å². The molecular weight excluding hydrogens is 380 g/mol. The second-order valence-electron chi connectivity index (χ2n) is 6.48. The van der Waals surface area contributed by atoms with E-state index in [-0.39, 0.29) is 17.3 Å². The lowest BCUT2D eigenvalue weighted by Gasteiger charge is -2.08. The highest BCUT2D eigenvalue weighted by Gasteiger charge is 2.27. The third kappa shape index (κ3) is 4.00. The lowest BCUT2D eigenvalue weighted by Crippen LogP contribution is -2.10. The van der Waals surface area contributed by atoms with E-state index in [1.807, 2.05) is 36.4 Å². The van der Waals surface area contributed by atoms with Crippen molar-refractivity contribution in [1.82, 2.24) is 0 Å². The SMILES string of the molecule is COc1ccccc1C(=O)Oc1ccc2c(c1)O/C(=C\C=C\c1ccccc1)C2=O. The Morgan fingerprint density at radius 2 is 1.73 bits per heavy atom. The monoisotopic (exact) mass is 398 g/mol. The molecule has 0 aromatic heterocycles. The number of carbonyl (C=O) groups excluding carboxylic acids is 2. The first-order valence-corrected chi connectivity index (χ1v) is 9.31. The fourth-order valence-corrected chi connectivity index (χ4v) is 3.03. The maximum atomic E-state index is 12.5. The molecule has 0 saturated heterocycles. The Kier molecular flexibility index (Phi) is 5.44. The van der Waals surface area contributed by atoms with Gasteiger partial charge in [-0.25, -0.2) is 4.79 Å². The van der Waals surface area contributed by atoms with E-state index in [0.717, 1.165) is 5.56 Å². The van der Waals surface area contributed by atoms with E-state index >= 15 is 0 Å². The van der Waals surface area contributed by atoms with Gasteiger partial charge in [-0.2, -0.15) is 0 Å². The van der Waals surface area contributed by atoms with Crippen LogP contribution in [0, 0.1) is 0 Å². The summed E-state index contributed by atoms with van der Waals surface area (Å²) in [6.45, 7) is 0. The molecule has 4 rings (SSSR count). The number of esters is 1. The molecule has 0 fully saturated rings. The van der Waals surface area contributed by atoms with Gasteiger partial charge in [0.1, 0.15) is 22.8 Å². The molecule has 3 aromatic rings. The maximum Gasteiger partial charge on any atom is 0.347 e. The number of carbonyl (C=O) groups is 2. The van der Waals surface area contributed by atoms with Crippen molar-refractivity contribution in [2.24, 2.45) is 0 Å². The Morgan fingerprint density at radius 1 is 0.967 bits per heavy atom. The summed E-state index contributed by atoms with van der Waals surface area (Å²) in [4.78, 5) is 25.0. The number of para-hydroxylation sites is 1. The van der Waals surface area contributed by atoms with E-state index in [4.69, 9.17) is 14.2 Å². The Morgan fingerprint density at radius 3 is 2.53 bits per heavy atom. The van der Waals surface area contributed by atoms with E-state index in [9.17, 15) is 9.59 Å². The quantitative estimate of drug-likeness (QED) is 0.340. The largest absolute Gasteiger partial charge is 0.496 e. The van der Waals surface area contributed by atoms with Crippen LogP contribution in [0.2, 0.25) is 0 Å². The van der Waals surface area contributed by atoms with Crippen LogP contribution in [0.5, 0.6) is 17.2 Å². The third-order valence-electron chi connectivity index (χ3n) is 4.51. The number of hydrogen-bond donors (Lipinski definition) is 0. The number of hydrogen-bond acceptors (Lipinski definition) is 5. The molecule has 0 unspecified atom stereocenters. The zero-order valence-electron chi connectivity index (χ0n) is 16.2. The lowest BCUT2D eigenvalue weighted by molar-refractivity contribution is 0.0731. The Bertz CT molecular complexity index is 1160. The predicted molar refractivity (Wildman–Crippen MR) is 113 cm³/mol. The van der Waals surface area contributed by atoms with Crippen LogP contribution >= 0.6 is 0 Å². The first kappa shape index (κ1) is 19.2. The number of ketones is 1.